The molecule has 0 saturated heterocycles. The van der Waals surface area contributed by atoms with Gasteiger partial charge in [-0.3, -0.25) is 0 Å². The number of para-hydroxylation sites is 1. The van der Waals surface area contributed by atoms with Gasteiger partial charge in [0.15, 0.2) is 0 Å². The number of hydrogen-bond donors (Lipinski definition) is 0. The normalized spacial score (nSPS) is 16.5. The third-order valence-corrected chi connectivity index (χ3v) is 11.3. The van der Waals surface area contributed by atoms with Crippen LogP contribution in [0.5, 0.6) is 11.5 Å². The van der Waals surface area contributed by atoms with Crippen molar-refractivity contribution in [1.82, 2.24) is 0 Å². The van der Waals surface area contributed by atoms with Crippen LogP contribution < -0.4 is 4.74 Å². The Balaban J connectivity index is 1.24. The highest BCUT2D eigenvalue weighted by molar-refractivity contribution is 6.04. The molecule has 0 aromatic heterocycles. The molecule has 236 valence electrons. The Morgan fingerprint density at radius 3 is 1.68 bits per heavy atom. The van der Waals surface area contributed by atoms with E-state index in [1.165, 1.54) is 72.0 Å². The Labute approximate surface area is 293 Å². The predicted molar refractivity (Wildman–Crippen MR) is 205 cm³/mol. The number of ether oxygens (including phenoxy) is 1. The minimum atomic E-state index is -0.484. The van der Waals surface area contributed by atoms with Gasteiger partial charge in [0.05, 0.1) is 5.41 Å². The monoisotopic (exact) mass is 638 g/mol. The molecule has 0 fully saturated rings. The molecule has 1 heterocycles. The maximum Gasteiger partial charge on any atom is 0.131 e. The molecule has 1 heteroatoms. The minimum Gasteiger partial charge on any atom is -0.457 e. The second-order valence-corrected chi connectivity index (χ2v) is 13.8. The van der Waals surface area contributed by atoms with E-state index in [0.29, 0.717) is 0 Å². The molecule has 0 radical (unpaired) electrons. The fourth-order valence-corrected chi connectivity index (χ4v) is 8.94. The first-order valence-electron chi connectivity index (χ1n) is 17.4. The molecule has 0 amide bonds. The standard InChI is InChI=1S/C49H34O/c1-48(36-16-5-2-6-17-36)41-23-13-14-24-45(41)50-46-30-27-35(32-44(46)48)34-25-28-40-43(31-34)49(37-18-7-3-8-19-37,38-20-9-4-10-21-38)42-29-26-33-15-11-12-22-39(33)47(40)42/h2-32H,1H3. The second-order valence-electron chi connectivity index (χ2n) is 13.8. The van der Waals surface area contributed by atoms with Crippen LogP contribution in [0.1, 0.15) is 45.9 Å². The van der Waals surface area contributed by atoms with E-state index in [-0.39, 0.29) is 5.41 Å². The van der Waals surface area contributed by atoms with E-state index in [4.69, 9.17) is 4.74 Å². The van der Waals surface area contributed by atoms with Crippen molar-refractivity contribution in [3.05, 3.63) is 227 Å². The first-order valence-corrected chi connectivity index (χ1v) is 17.4. The molecule has 0 bridgehead atoms. The molecule has 1 aliphatic carbocycles. The lowest BCUT2D eigenvalue weighted by Crippen LogP contribution is -2.29. The van der Waals surface area contributed by atoms with Crippen molar-refractivity contribution in [2.75, 3.05) is 0 Å². The molecule has 0 spiro atoms. The molecule has 10 rings (SSSR count). The van der Waals surface area contributed by atoms with Crippen molar-refractivity contribution < 1.29 is 4.74 Å². The quantitative estimate of drug-likeness (QED) is 0.186. The summed E-state index contributed by atoms with van der Waals surface area (Å²) in [5, 5.41) is 2.55. The van der Waals surface area contributed by atoms with Gasteiger partial charge in [-0.1, -0.05) is 164 Å². The largest absolute Gasteiger partial charge is 0.457 e. The van der Waals surface area contributed by atoms with E-state index >= 15 is 0 Å². The Kier molecular flexibility index (Phi) is 6.29. The maximum atomic E-state index is 6.59. The lowest BCUT2D eigenvalue weighted by Gasteiger charge is -2.38. The van der Waals surface area contributed by atoms with Crippen LogP contribution in [0.4, 0.5) is 0 Å². The van der Waals surface area contributed by atoms with Crippen molar-refractivity contribution in [2.45, 2.75) is 17.8 Å². The topological polar surface area (TPSA) is 9.23 Å². The Hall–Kier alpha value is -6.18. The van der Waals surface area contributed by atoms with Gasteiger partial charge < -0.3 is 4.74 Å². The first kappa shape index (κ1) is 28.8. The predicted octanol–water partition coefficient (Wildman–Crippen LogP) is 12.3. The Morgan fingerprint density at radius 2 is 0.960 bits per heavy atom. The van der Waals surface area contributed by atoms with E-state index in [0.717, 1.165) is 11.5 Å². The smallest absolute Gasteiger partial charge is 0.131 e. The van der Waals surface area contributed by atoms with E-state index in [1.807, 2.05) is 0 Å². The SMILES string of the molecule is CC1(c2ccccc2)c2ccccc2Oc2ccc(-c3ccc4c(c3)C(c3ccccc3)(c3ccccc3)c3ccc5ccccc5c3-4)cc21. The van der Waals surface area contributed by atoms with Gasteiger partial charge in [0.25, 0.3) is 0 Å². The van der Waals surface area contributed by atoms with Gasteiger partial charge in [0, 0.05) is 16.5 Å². The second kappa shape index (κ2) is 10.9. The van der Waals surface area contributed by atoms with Crippen LogP contribution >= 0.6 is 0 Å². The summed E-state index contributed by atoms with van der Waals surface area (Å²) < 4.78 is 6.59. The summed E-state index contributed by atoms with van der Waals surface area (Å²) in [6, 6.07) is 68.8. The number of fused-ring (bicyclic) bond motifs is 7. The summed E-state index contributed by atoms with van der Waals surface area (Å²) in [6.45, 7) is 2.34. The van der Waals surface area contributed by atoms with E-state index in [1.54, 1.807) is 0 Å². The van der Waals surface area contributed by atoms with Crippen LogP contribution in [0.3, 0.4) is 0 Å². The van der Waals surface area contributed by atoms with Crippen LogP contribution in [0.15, 0.2) is 188 Å². The Bertz CT molecular complexity index is 2530. The van der Waals surface area contributed by atoms with Gasteiger partial charge in [-0.2, -0.15) is 0 Å². The van der Waals surface area contributed by atoms with Gasteiger partial charge in [-0.05, 0) is 92.0 Å². The molecular formula is C49H34O. The van der Waals surface area contributed by atoms with Crippen molar-refractivity contribution in [2.24, 2.45) is 0 Å². The zero-order chi connectivity index (χ0) is 33.3. The van der Waals surface area contributed by atoms with E-state index in [2.05, 4.69) is 195 Å². The molecule has 0 N–H and O–H groups in total. The highest BCUT2D eigenvalue weighted by Crippen LogP contribution is 2.59. The van der Waals surface area contributed by atoms with Crippen LogP contribution in [-0.2, 0) is 10.8 Å². The van der Waals surface area contributed by atoms with Gasteiger partial charge in [-0.25, -0.2) is 0 Å². The fraction of sp³-hybridized carbons (Fsp3) is 0.0612. The summed E-state index contributed by atoms with van der Waals surface area (Å²) in [5.41, 5.74) is 12.9. The number of hydrogen-bond acceptors (Lipinski definition) is 1. The summed E-state index contributed by atoms with van der Waals surface area (Å²) in [4.78, 5) is 0. The lowest BCUT2D eigenvalue weighted by atomic mass is 9.67. The molecular weight excluding hydrogens is 605 g/mol. The highest BCUT2D eigenvalue weighted by Gasteiger charge is 2.47. The molecule has 0 saturated carbocycles. The van der Waals surface area contributed by atoms with Crippen LogP contribution in [0, 0.1) is 0 Å². The van der Waals surface area contributed by atoms with Crippen molar-refractivity contribution >= 4 is 10.8 Å². The zero-order valence-electron chi connectivity index (χ0n) is 27.8. The average Bonchev–Trinajstić information content (AvgIpc) is 3.50. The summed E-state index contributed by atoms with van der Waals surface area (Å²) in [6.07, 6.45) is 0. The molecule has 1 nitrogen and oxygen atoms in total. The van der Waals surface area contributed by atoms with Crippen molar-refractivity contribution in [1.29, 1.82) is 0 Å². The average molecular weight is 639 g/mol. The maximum absolute atomic E-state index is 6.59. The fourth-order valence-electron chi connectivity index (χ4n) is 8.94. The molecule has 1 aliphatic heterocycles. The molecule has 2 aliphatic rings. The minimum absolute atomic E-state index is 0.384. The Morgan fingerprint density at radius 1 is 0.400 bits per heavy atom. The van der Waals surface area contributed by atoms with Gasteiger partial charge in [-0.15, -0.1) is 0 Å². The highest BCUT2D eigenvalue weighted by atomic mass is 16.5. The van der Waals surface area contributed by atoms with Crippen molar-refractivity contribution in [3.8, 4) is 33.8 Å². The number of benzene rings is 8. The van der Waals surface area contributed by atoms with E-state index < -0.39 is 5.41 Å². The molecule has 8 aromatic rings. The molecule has 1 unspecified atom stereocenters. The zero-order valence-corrected chi connectivity index (χ0v) is 27.8. The van der Waals surface area contributed by atoms with Gasteiger partial charge >= 0.3 is 0 Å². The third-order valence-electron chi connectivity index (χ3n) is 11.3. The molecule has 50 heavy (non-hydrogen) atoms. The molecule has 1 atom stereocenters. The number of rotatable bonds is 4. The van der Waals surface area contributed by atoms with Crippen LogP contribution in [-0.4, -0.2) is 0 Å². The van der Waals surface area contributed by atoms with Crippen LogP contribution in [0.25, 0.3) is 33.0 Å². The summed E-state index contributed by atoms with van der Waals surface area (Å²) in [5.74, 6) is 1.82. The lowest BCUT2D eigenvalue weighted by molar-refractivity contribution is 0.427. The van der Waals surface area contributed by atoms with Crippen molar-refractivity contribution in [3.63, 3.8) is 0 Å². The first-order chi connectivity index (χ1) is 24.7. The summed E-state index contributed by atoms with van der Waals surface area (Å²) in [7, 11) is 0. The van der Waals surface area contributed by atoms with Gasteiger partial charge in [0.2, 0.25) is 0 Å². The van der Waals surface area contributed by atoms with Crippen LogP contribution in [0.2, 0.25) is 0 Å². The van der Waals surface area contributed by atoms with Gasteiger partial charge in [0.1, 0.15) is 11.5 Å². The van der Waals surface area contributed by atoms with E-state index in [9.17, 15) is 0 Å². The molecule has 8 aromatic carbocycles. The summed E-state index contributed by atoms with van der Waals surface area (Å²) >= 11 is 0. The third kappa shape index (κ3) is 3.95.